The first-order chi connectivity index (χ1) is 8.50. The van der Waals surface area contributed by atoms with E-state index >= 15 is 0 Å². The Kier molecular flexibility index (Phi) is 2.21. The Morgan fingerprint density at radius 1 is 1.33 bits per heavy atom. The van der Waals surface area contributed by atoms with Crippen molar-refractivity contribution in [3.63, 3.8) is 0 Å². The van der Waals surface area contributed by atoms with Crippen LogP contribution in [0.25, 0.3) is 10.9 Å². The van der Waals surface area contributed by atoms with Gasteiger partial charge in [0.05, 0.1) is 16.4 Å². The lowest BCUT2D eigenvalue weighted by molar-refractivity contribution is 0.0689. The summed E-state index contributed by atoms with van der Waals surface area (Å²) in [5.74, 6) is -3.17. The molecular formula is C11H5F2NO3S. The maximum atomic E-state index is 13.2. The average Bonchev–Trinajstić information content (AvgIpc) is 2.26. The van der Waals surface area contributed by atoms with E-state index in [1.54, 1.807) is 0 Å². The smallest absolute Gasteiger partial charge is 0.342 e. The highest BCUT2D eigenvalue weighted by Crippen LogP contribution is 2.36. The molecule has 18 heavy (non-hydrogen) atoms. The lowest BCUT2D eigenvalue weighted by Crippen LogP contribution is -2.26. The monoisotopic (exact) mass is 269 g/mol. The van der Waals surface area contributed by atoms with Gasteiger partial charge in [-0.25, -0.2) is 13.6 Å². The fraction of sp³-hybridized carbons (Fsp3) is 0.0909. The number of halogens is 2. The normalized spacial score (nSPS) is 13.2. The third-order valence-corrected chi connectivity index (χ3v) is 3.89. The molecule has 3 rings (SSSR count). The van der Waals surface area contributed by atoms with Crippen molar-refractivity contribution in [3.8, 4) is 0 Å². The minimum Gasteiger partial charge on any atom is -0.477 e. The van der Waals surface area contributed by atoms with Crippen molar-refractivity contribution in [1.29, 1.82) is 0 Å². The number of carboxylic acids is 1. The largest absolute Gasteiger partial charge is 0.477 e. The predicted molar refractivity (Wildman–Crippen MR) is 60.9 cm³/mol. The SMILES string of the molecule is O=C(O)c1c2n(c3cc(F)c(F)cc3c1=O)CS2. The summed E-state index contributed by atoms with van der Waals surface area (Å²) in [6.07, 6.45) is 0. The van der Waals surface area contributed by atoms with E-state index in [9.17, 15) is 18.4 Å². The molecule has 1 aromatic carbocycles. The fourth-order valence-corrected chi connectivity index (χ4v) is 2.89. The van der Waals surface area contributed by atoms with Crippen LogP contribution < -0.4 is 5.43 Å². The van der Waals surface area contributed by atoms with Crippen molar-refractivity contribution in [2.24, 2.45) is 0 Å². The number of carboxylic acid groups (broad SMARTS) is 1. The van der Waals surface area contributed by atoms with Gasteiger partial charge in [0.25, 0.3) is 0 Å². The summed E-state index contributed by atoms with van der Waals surface area (Å²) in [6.45, 7) is 0. The third-order valence-electron chi connectivity index (χ3n) is 2.80. The van der Waals surface area contributed by atoms with Crippen molar-refractivity contribution in [2.75, 3.05) is 0 Å². The van der Waals surface area contributed by atoms with Gasteiger partial charge in [-0.15, -0.1) is 0 Å². The van der Waals surface area contributed by atoms with Gasteiger partial charge in [-0.1, -0.05) is 11.8 Å². The van der Waals surface area contributed by atoms with E-state index in [1.165, 1.54) is 16.3 Å². The van der Waals surface area contributed by atoms with E-state index in [1.807, 2.05) is 0 Å². The first-order valence-electron chi connectivity index (χ1n) is 4.92. The molecule has 0 bridgehead atoms. The molecule has 0 saturated heterocycles. The number of hydrogen-bond donors (Lipinski definition) is 1. The molecule has 0 aliphatic carbocycles. The van der Waals surface area contributed by atoms with E-state index in [2.05, 4.69) is 0 Å². The van der Waals surface area contributed by atoms with Gasteiger partial charge in [-0.05, 0) is 6.07 Å². The highest BCUT2D eigenvalue weighted by Gasteiger charge is 2.28. The lowest BCUT2D eigenvalue weighted by Gasteiger charge is -2.25. The zero-order valence-electron chi connectivity index (χ0n) is 8.74. The molecule has 0 spiro atoms. The molecule has 92 valence electrons. The van der Waals surface area contributed by atoms with Crippen LogP contribution in [0.4, 0.5) is 8.78 Å². The molecule has 0 unspecified atom stereocenters. The molecule has 4 nitrogen and oxygen atoms in total. The van der Waals surface area contributed by atoms with Gasteiger partial charge in [-0.3, -0.25) is 4.79 Å². The van der Waals surface area contributed by atoms with Crippen molar-refractivity contribution < 1.29 is 18.7 Å². The van der Waals surface area contributed by atoms with Crippen molar-refractivity contribution in [2.45, 2.75) is 10.9 Å². The Bertz CT molecular complexity index is 769. The van der Waals surface area contributed by atoms with Gasteiger partial charge in [-0.2, -0.15) is 0 Å². The number of carbonyl (C=O) groups is 1. The number of aromatic nitrogens is 1. The van der Waals surface area contributed by atoms with E-state index in [0.29, 0.717) is 5.88 Å². The Balaban J connectivity index is 2.54. The topological polar surface area (TPSA) is 59.3 Å². The van der Waals surface area contributed by atoms with Crippen LogP contribution >= 0.6 is 11.8 Å². The summed E-state index contributed by atoms with van der Waals surface area (Å²) in [7, 11) is 0. The summed E-state index contributed by atoms with van der Waals surface area (Å²) in [5.41, 5.74) is -0.947. The van der Waals surface area contributed by atoms with Gasteiger partial charge in [0, 0.05) is 11.5 Å². The van der Waals surface area contributed by atoms with Gasteiger partial charge >= 0.3 is 5.97 Å². The average molecular weight is 269 g/mol. The van der Waals surface area contributed by atoms with Crippen LogP contribution in [0.2, 0.25) is 0 Å². The second kappa shape index (κ2) is 3.55. The molecule has 1 N–H and O–H groups in total. The number of fused-ring (bicyclic) bond motifs is 3. The Hall–Kier alpha value is -1.89. The van der Waals surface area contributed by atoms with Crippen LogP contribution in [-0.4, -0.2) is 15.6 Å². The van der Waals surface area contributed by atoms with Crippen LogP contribution in [0.1, 0.15) is 10.4 Å². The molecule has 7 heteroatoms. The molecule has 0 atom stereocenters. The Morgan fingerprint density at radius 3 is 2.56 bits per heavy atom. The number of benzene rings is 1. The Morgan fingerprint density at radius 2 is 2.00 bits per heavy atom. The zero-order valence-corrected chi connectivity index (χ0v) is 9.55. The minimum absolute atomic E-state index is 0.115. The van der Waals surface area contributed by atoms with Gasteiger partial charge in [0.15, 0.2) is 11.6 Å². The molecular weight excluding hydrogens is 264 g/mol. The van der Waals surface area contributed by atoms with E-state index in [0.717, 1.165) is 12.1 Å². The molecule has 1 aliphatic rings. The lowest BCUT2D eigenvalue weighted by atomic mass is 10.1. The van der Waals surface area contributed by atoms with E-state index in [4.69, 9.17) is 5.11 Å². The summed E-state index contributed by atoms with van der Waals surface area (Å²) < 4.78 is 27.8. The zero-order chi connectivity index (χ0) is 13.0. The number of nitrogens with zero attached hydrogens (tertiary/aromatic N) is 1. The van der Waals surface area contributed by atoms with Gasteiger partial charge in [0.1, 0.15) is 5.56 Å². The summed E-state index contributed by atoms with van der Waals surface area (Å²) in [5, 5.41) is 9.16. The standard InChI is InChI=1S/C11H5F2NO3S/c12-5-1-4-7(2-6(5)13)14-3-18-10(14)8(9(4)15)11(16)17/h1-2H,3H2,(H,16,17). The molecule has 0 radical (unpaired) electrons. The number of hydrogen-bond acceptors (Lipinski definition) is 3. The van der Waals surface area contributed by atoms with Crippen LogP contribution in [-0.2, 0) is 5.88 Å². The molecule has 0 saturated carbocycles. The molecule has 1 aromatic heterocycles. The second-order valence-corrected chi connectivity index (χ2v) is 4.73. The molecule has 0 amide bonds. The fourth-order valence-electron chi connectivity index (χ4n) is 1.94. The summed E-state index contributed by atoms with van der Waals surface area (Å²) in [4.78, 5) is 23.0. The minimum atomic E-state index is -1.36. The van der Waals surface area contributed by atoms with Crippen LogP contribution in [0.3, 0.4) is 0 Å². The second-order valence-electron chi connectivity index (χ2n) is 3.80. The summed E-state index contributed by atoms with van der Waals surface area (Å²) >= 11 is 1.19. The first-order valence-corrected chi connectivity index (χ1v) is 5.91. The maximum Gasteiger partial charge on any atom is 0.342 e. The molecule has 1 aliphatic heterocycles. The Labute approximate surface area is 103 Å². The predicted octanol–water partition coefficient (Wildman–Crippen LogP) is 2.04. The van der Waals surface area contributed by atoms with Gasteiger partial charge in [0.2, 0.25) is 5.43 Å². The highest BCUT2D eigenvalue weighted by atomic mass is 32.2. The first kappa shape index (κ1) is 11.2. The quantitative estimate of drug-likeness (QED) is 0.860. The highest BCUT2D eigenvalue weighted by molar-refractivity contribution is 7.99. The summed E-state index contributed by atoms with van der Waals surface area (Å²) in [6, 6.07) is 1.66. The van der Waals surface area contributed by atoms with Crippen LogP contribution in [0.5, 0.6) is 0 Å². The van der Waals surface area contributed by atoms with E-state index < -0.39 is 23.0 Å². The van der Waals surface area contributed by atoms with E-state index in [-0.39, 0.29) is 21.5 Å². The molecule has 2 heterocycles. The van der Waals surface area contributed by atoms with Gasteiger partial charge < -0.3 is 9.67 Å². The number of aromatic carboxylic acids is 1. The van der Waals surface area contributed by atoms with Crippen LogP contribution in [0, 0.1) is 11.6 Å². The maximum absolute atomic E-state index is 13.2. The molecule has 0 fully saturated rings. The van der Waals surface area contributed by atoms with Crippen molar-refractivity contribution in [3.05, 3.63) is 39.6 Å². The number of rotatable bonds is 1. The van der Waals surface area contributed by atoms with Crippen molar-refractivity contribution in [1.82, 2.24) is 4.57 Å². The number of pyridine rings is 1. The molecule has 2 aromatic rings. The number of thioether (sulfide) groups is 1. The van der Waals surface area contributed by atoms with Crippen molar-refractivity contribution >= 4 is 28.6 Å². The third kappa shape index (κ3) is 1.30. The van der Waals surface area contributed by atoms with Crippen LogP contribution in [0.15, 0.2) is 22.0 Å².